The Morgan fingerprint density at radius 1 is 1.56 bits per heavy atom. The summed E-state index contributed by atoms with van der Waals surface area (Å²) in [6, 6.07) is 6.93. The van der Waals surface area contributed by atoms with Gasteiger partial charge < -0.3 is 15.8 Å². The maximum absolute atomic E-state index is 11.4. The van der Waals surface area contributed by atoms with Crippen molar-refractivity contribution in [1.29, 1.82) is 0 Å². The van der Waals surface area contributed by atoms with E-state index in [1.807, 2.05) is 24.3 Å². The van der Waals surface area contributed by atoms with Gasteiger partial charge in [0.15, 0.2) is 0 Å². The van der Waals surface area contributed by atoms with Crippen molar-refractivity contribution in [1.82, 2.24) is 5.32 Å². The third-order valence-corrected chi connectivity index (χ3v) is 2.52. The first-order valence-corrected chi connectivity index (χ1v) is 5.78. The lowest BCUT2D eigenvalue weighted by molar-refractivity contribution is -0.123. The number of rotatable bonds is 6. The summed E-state index contributed by atoms with van der Waals surface area (Å²) in [4.78, 5) is 11.4. The van der Waals surface area contributed by atoms with Gasteiger partial charge in [0.2, 0.25) is 5.91 Å². The number of nitrogens with two attached hydrogens (primary N) is 1. The second kappa shape index (κ2) is 9.16. The molecule has 0 aliphatic rings. The summed E-state index contributed by atoms with van der Waals surface area (Å²) in [5, 5.41) is 3.45. The van der Waals surface area contributed by atoms with Crippen molar-refractivity contribution in [3.8, 4) is 0 Å². The van der Waals surface area contributed by atoms with E-state index in [9.17, 15) is 4.79 Å². The van der Waals surface area contributed by atoms with Crippen molar-refractivity contribution >= 4 is 29.9 Å². The van der Waals surface area contributed by atoms with Gasteiger partial charge in [-0.15, -0.1) is 12.4 Å². The molecule has 1 unspecified atom stereocenters. The Hall–Kier alpha value is -0.810. The van der Waals surface area contributed by atoms with Crippen LogP contribution in [0.25, 0.3) is 0 Å². The summed E-state index contributed by atoms with van der Waals surface area (Å²) in [5.74, 6) is -0.200. The molecule has 6 heteroatoms. The van der Waals surface area contributed by atoms with Gasteiger partial charge in [-0.3, -0.25) is 4.79 Å². The SMILES string of the molecule is COCC(N)C(=O)NCCc1cccc(Cl)c1.Cl. The van der Waals surface area contributed by atoms with Crippen molar-refractivity contribution in [3.05, 3.63) is 34.9 Å². The van der Waals surface area contributed by atoms with Gasteiger partial charge >= 0.3 is 0 Å². The van der Waals surface area contributed by atoms with Crippen molar-refractivity contribution in [2.45, 2.75) is 12.5 Å². The molecule has 1 rings (SSSR count). The van der Waals surface area contributed by atoms with Crippen LogP contribution in [0, 0.1) is 0 Å². The van der Waals surface area contributed by atoms with Crippen LogP contribution in [0.1, 0.15) is 5.56 Å². The van der Waals surface area contributed by atoms with E-state index in [4.69, 9.17) is 22.1 Å². The maximum Gasteiger partial charge on any atom is 0.239 e. The van der Waals surface area contributed by atoms with E-state index in [-0.39, 0.29) is 24.9 Å². The van der Waals surface area contributed by atoms with Crippen LogP contribution in [0.3, 0.4) is 0 Å². The number of halogens is 2. The molecule has 0 aromatic heterocycles. The summed E-state index contributed by atoms with van der Waals surface area (Å²) in [5.41, 5.74) is 6.65. The number of carbonyl (C=O) groups is 1. The molecule has 0 saturated carbocycles. The van der Waals surface area contributed by atoms with Gasteiger partial charge in [0.25, 0.3) is 0 Å². The molecule has 4 nitrogen and oxygen atoms in total. The average molecular weight is 293 g/mol. The highest BCUT2D eigenvalue weighted by Gasteiger charge is 2.11. The number of benzene rings is 1. The minimum Gasteiger partial charge on any atom is -0.383 e. The Balaban J connectivity index is 0.00000289. The molecule has 0 heterocycles. The fourth-order valence-corrected chi connectivity index (χ4v) is 1.62. The molecule has 0 aliphatic heterocycles. The number of hydrogen-bond donors (Lipinski definition) is 2. The van der Waals surface area contributed by atoms with Crippen LogP contribution in [0.15, 0.2) is 24.3 Å². The zero-order valence-corrected chi connectivity index (χ0v) is 11.8. The van der Waals surface area contributed by atoms with Crippen LogP contribution in [0.4, 0.5) is 0 Å². The van der Waals surface area contributed by atoms with Gasteiger partial charge in [-0.2, -0.15) is 0 Å². The van der Waals surface area contributed by atoms with Crippen LogP contribution in [0.5, 0.6) is 0 Å². The van der Waals surface area contributed by atoms with Crippen LogP contribution < -0.4 is 11.1 Å². The van der Waals surface area contributed by atoms with E-state index in [0.29, 0.717) is 11.6 Å². The highest BCUT2D eigenvalue weighted by atomic mass is 35.5. The molecule has 0 spiro atoms. The molecule has 3 N–H and O–H groups in total. The molecule has 0 radical (unpaired) electrons. The highest BCUT2D eigenvalue weighted by molar-refractivity contribution is 6.30. The first-order chi connectivity index (χ1) is 8.13. The first kappa shape index (κ1) is 17.2. The number of methoxy groups -OCH3 is 1. The van der Waals surface area contributed by atoms with Gasteiger partial charge in [-0.1, -0.05) is 23.7 Å². The van der Waals surface area contributed by atoms with Gasteiger partial charge in [0, 0.05) is 18.7 Å². The molecule has 1 aromatic rings. The predicted molar refractivity (Wildman–Crippen MR) is 75.3 cm³/mol. The van der Waals surface area contributed by atoms with Gasteiger partial charge in [0.05, 0.1) is 6.61 Å². The molecular formula is C12H18Cl2N2O2. The lowest BCUT2D eigenvalue weighted by atomic mass is 10.1. The Morgan fingerprint density at radius 2 is 2.28 bits per heavy atom. The first-order valence-electron chi connectivity index (χ1n) is 5.40. The van der Waals surface area contributed by atoms with Crippen molar-refractivity contribution in [2.24, 2.45) is 5.73 Å². The van der Waals surface area contributed by atoms with Gasteiger partial charge in [-0.25, -0.2) is 0 Å². The van der Waals surface area contributed by atoms with Crippen molar-refractivity contribution < 1.29 is 9.53 Å². The topological polar surface area (TPSA) is 64.3 Å². The van der Waals surface area contributed by atoms with E-state index >= 15 is 0 Å². The second-order valence-electron chi connectivity index (χ2n) is 3.73. The average Bonchev–Trinajstić information content (AvgIpc) is 2.29. The van der Waals surface area contributed by atoms with Crippen LogP contribution in [-0.4, -0.2) is 32.2 Å². The monoisotopic (exact) mass is 292 g/mol. The molecule has 0 bridgehead atoms. The highest BCUT2D eigenvalue weighted by Crippen LogP contribution is 2.10. The third-order valence-electron chi connectivity index (χ3n) is 2.28. The molecule has 0 saturated heterocycles. The van der Waals surface area contributed by atoms with Crippen molar-refractivity contribution in [2.75, 3.05) is 20.3 Å². The molecule has 18 heavy (non-hydrogen) atoms. The molecule has 1 amide bonds. The minimum absolute atomic E-state index is 0. The summed E-state index contributed by atoms with van der Waals surface area (Å²) in [6.07, 6.45) is 0.728. The van der Waals surface area contributed by atoms with Gasteiger partial charge in [-0.05, 0) is 24.1 Å². The second-order valence-corrected chi connectivity index (χ2v) is 4.17. The summed E-state index contributed by atoms with van der Waals surface area (Å²) in [6.45, 7) is 0.763. The summed E-state index contributed by atoms with van der Waals surface area (Å²) >= 11 is 5.85. The normalized spacial score (nSPS) is 11.5. The Bertz CT molecular complexity index is 375. The number of ether oxygens (including phenoxy) is 1. The predicted octanol–water partition coefficient (Wildman–Crippen LogP) is 1.39. The van der Waals surface area contributed by atoms with Crippen LogP contribution in [-0.2, 0) is 16.0 Å². The Labute approximate surface area is 118 Å². The van der Waals surface area contributed by atoms with E-state index in [0.717, 1.165) is 12.0 Å². The fraction of sp³-hybridized carbons (Fsp3) is 0.417. The quantitative estimate of drug-likeness (QED) is 0.833. The number of nitrogens with one attached hydrogen (secondary N) is 1. The number of carbonyl (C=O) groups excluding carboxylic acids is 1. The minimum atomic E-state index is -0.612. The zero-order chi connectivity index (χ0) is 12.7. The molecule has 0 aliphatic carbocycles. The molecule has 1 atom stereocenters. The number of amides is 1. The van der Waals surface area contributed by atoms with E-state index < -0.39 is 6.04 Å². The standard InChI is InChI=1S/C12H17ClN2O2.ClH/c1-17-8-11(14)12(16)15-6-5-9-3-2-4-10(13)7-9;/h2-4,7,11H,5-6,8,14H2,1H3,(H,15,16);1H. The zero-order valence-electron chi connectivity index (χ0n) is 10.2. The van der Waals surface area contributed by atoms with E-state index in [2.05, 4.69) is 5.32 Å². The molecule has 0 fully saturated rings. The van der Waals surface area contributed by atoms with E-state index in [1.54, 1.807) is 0 Å². The van der Waals surface area contributed by atoms with Crippen LogP contribution >= 0.6 is 24.0 Å². The fourth-order valence-electron chi connectivity index (χ4n) is 1.41. The number of hydrogen-bond acceptors (Lipinski definition) is 3. The largest absolute Gasteiger partial charge is 0.383 e. The summed E-state index contributed by atoms with van der Waals surface area (Å²) < 4.78 is 4.80. The molecule has 1 aromatic carbocycles. The molecular weight excluding hydrogens is 275 g/mol. The van der Waals surface area contributed by atoms with Crippen molar-refractivity contribution in [3.63, 3.8) is 0 Å². The Morgan fingerprint density at radius 3 is 2.89 bits per heavy atom. The molecule has 102 valence electrons. The maximum atomic E-state index is 11.4. The third kappa shape index (κ3) is 6.21. The van der Waals surface area contributed by atoms with Gasteiger partial charge in [0.1, 0.15) is 6.04 Å². The Kier molecular flexibility index (Phi) is 8.75. The van der Waals surface area contributed by atoms with Crippen LogP contribution in [0.2, 0.25) is 5.02 Å². The lowest BCUT2D eigenvalue weighted by Gasteiger charge is -2.11. The summed E-state index contributed by atoms with van der Waals surface area (Å²) in [7, 11) is 1.51. The lowest BCUT2D eigenvalue weighted by Crippen LogP contribution is -2.44. The smallest absolute Gasteiger partial charge is 0.239 e. The van der Waals surface area contributed by atoms with E-state index in [1.165, 1.54) is 7.11 Å².